The number of nitrogens with zero attached hydrogens (tertiary/aromatic N) is 2. The minimum absolute atomic E-state index is 0.831. The van der Waals surface area contributed by atoms with E-state index in [1.54, 1.807) is 0 Å². The molecule has 4 aromatic rings. The molecule has 0 unspecified atom stereocenters. The van der Waals surface area contributed by atoms with Crippen LogP contribution in [0.15, 0.2) is 91.0 Å². The molecule has 3 aromatic carbocycles. The Hall–Kier alpha value is -3.33. The molecule has 0 radical (unpaired) electrons. The fourth-order valence-electron chi connectivity index (χ4n) is 2.87. The topological polar surface area (TPSA) is 29.9 Å². The van der Waals surface area contributed by atoms with E-state index < -0.39 is 0 Å². The highest BCUT2D eigenvalue weighted by atomic mass is 15.3. The van der Waals surface area contributed by atoms with Gasteiger partial charge in [-0.25, -0.2) is 4.68 Å². The summed E-state index contributed by atoms with van der Waals surface area (Å²) < 4.78 is 1.98. The average molecular weight is 325 g/mol. The molecule has 0 spiro atoms. The number of aromatic nitrogens is 2. The smallest absolute Gasteiger partial charge is 0.153 e. The van der Waals surface area contributed by atoms with Crippen LogP contribution in [-0.2, 0) is 0 Å². The normalized spacial score (nSPS) is 10.6. The Bertz CT molecular complexity index is 916. The van der Waals surface area contributed by atoms with Crippen molar-refractivity contribution in [3.8, 4) is 16.9 Å². The van der Waals surface area contributed by atoms with Crippen LogP contribution in [0.2, 0.25) is 0 Å². The van der Waals surface area contributed by atoms with Crippen molar-refractivity contribution < 1.29 is 0 Å². The molecule has 0 saturated carbocycles. The van der Waals surface area contributed by atoms with Crippen molar-refractivity contribution in [2.75, 3.05) is 5.32 Å². The van der Waals surface area contributed by atoms with E-state index in [2.05, 4.69) is 54.7 Å². The molecule has 0 fully saturated rings. The Balaban J connectivity index is 1.80. The number of nitrogens with one attached hydrogen (secondary N) is 1. The lowest BCUT2D eigenvalue weighted by molar-refractivity contribution is 0.892. The van der Waals surface area contributed by atoms with Gasteiger partial charge in [-0.1, -0.05) is 66.7 Å². The minimum Gasteiger partial charge on any atom is -0.339 e. The van der Waals surface area contributed by atoms with Gasteiger partial charge in [-0.05, 0) is 30.7 Å². The first-order chi connectivity index (χ1) is 12.3. The van der Waals surface area contributed by atoms with E-state index in [0.29, 0.717) is 0 Å². The molecule has 0 saturated heterocycles. The highest BCUT2D eigenvalue weighted by Crippen LogP contribution is 2.28. The lowest BCUT2D eigenvalue weighted by Crippen LogP contribution is -2.00. The van der Waals surface area contributed by atoms with Gasteiger partial charge in [0.25, 0.3) is 0 Å². The highest BCUT2D eigenvalue weighted by Gasteiger charge is 2.12. The Morgan fingerprint density at radius 3 is 2.12 bits per heavy atom. The van der Waals surface area contributed by atoms with E-state index in [-0.39, 0.29) is 0 Å². The van der Waals surface area contributed by atoms with Gasteiger partial charge in [-0.2, -0.15) is 0 Å². The number of hydrogen-bond acceptors (Lipinski definition) is 2. The molecule has 0 aliphatic carbocycles. The monoisotopic (exact) mass is 325 g/mol. The number of para-hydroxylation sites is 2. The zero-order valence-corrected chi connectivity index (χ0v) is 14.1. The molecule has 3 nitrogen and oxygen atoms in total. The lowest BCUT2D eigenvalue weighted by Gasteiger charge is -2.07. The van der Waals surface area contributed by atoms with Crippen LogP contribution in [0.4, 0.5) is 11.5 Å². The summed E-state index contributed by atoms with van der Waals surface area (Å²) in [6.45, 7) is 2.09. The van der Waals surface area contributed by atoms with Gasteiger partial charge in [0.1, 0.15) is 0 Å². The van der Waals surface area contributed by atoms with Crippen molar-refractivity contribution in [1.29, 1.82) is 0 Å². The fraction of sp³-hybridized carbons (Fsp3) is 0.0455. The van der Waals surface area contributed by atoms with Crippen molar-refractivity contribution in [2.45, 2.75) is 6.92 Å². The van der Waals surface area contributed by atoms with Gasteiger partial charge in [-0.15, -0.1) is 5.10 Å². The first kappa shape index (κ1) is 15.2. The summed E-state index contributed by atoms with van der Waals surface area (Å²) in [6.07, 6.45) is 0. The number of aryl methyl sites for hydroxylation is 1. The van der Waals surface area contributed by atoms with Gasteiger partial charge >= 0.3 is 0 Å². The van der Waals surface area contributed by atoms with Gasteiger partial charge in [0, 0.05) is 17.3 Å². The Morgan fingerprint density at radius 1 is 0.760 bits per heavy atom. The molecule has 0 atom stereocenters. The first-order valence-corrected chi connectivity index (χ1v) is 8.35. The summed E-state index contributed by atoms with van der Waals surface area (Å²) in [7, 11) is 0. The molecule has 0 bridgehead atoms. The van der Waals surface area contributed by atoms with Crippen LogP contribution in [-0.4, -0.2) is 9.78 Å². The van der Waals surface area contributed by atoms with Crippen molar-refractivity contribution >= 4 is 11.5 Å². The van der Waals surface area contributed by atoms with Gasteiger partial charge in [-0.3, -0.25) is 0 Å². The first-order valence-electron chi connectivity index (χ1n) is 8.35. The highest BCUT2D eigenvalue weighted by molar-refractivity contribution is 5.69. The average Bonchev–Trinajstić information content (AvgIpc) is 3.09. The Labute approximate surface area is 147 Å². The molecule has 4 rings (SSSR count). The number of anilines is 2. The quantitative estimate of drug-likeness (QED) is 0.530. The predicted molar refractivity (Wildman–Crippen MR) is 103 cm³/mol. The molecule has 1 heterocycles. The molecular formula is C22H19N3. The summed E-state index contributed by atoms with van der Waals surface area (Å²) >= 11 is 0. The Morgan fingerprint density at radius 2 is 1.40 bits per heavy atom. The third-order valence-electron chi connectivity index (χ3n) is 4.19. The van der Waals surface area contributed by atoms with Crippen LogP contribution in [0.25, 0.3) is 16.9 Å². The SMILES string of the molecule is Cc1ccccc1Nc1cc(-c2ccccc2)n(-c2ccccc2)n1. The number of benzene rings is 3. The second kappa shape index (κ2) is 6.65. The summed E-state index contributed by atoms with van der Waals surface area (Å²) in [5.74, 6) is 0.831. The Kier molecular flexibility index (Phi) is 4.05. The van der Waals surface area contributed by atoms with Crippen molar-refractivity contribution in [3.63, 3.8) is 0 Å². The van der Waals surface area contributed by atoms with E-state index in [1.165, 1.54) is 5.56 Å². The third kappa shape index (κ3) is 3.17. The molecule has 0 aliphatic rings. The predicted octanol–water partition coefficient (Wildman–Crippen LogP) is 5.59. The maximum absolute atomic E-state index is 4.80. The molecule has 122 valence electrons. The van der Waals surface area contributed by atoms with Crippen LogP contribution in [0.3, 0.4) is 0 Å². The summed E-state index contributed by atoms with van der Waals surface area (Å²) in [5.41, 5.74) is 5.50. The van der Waals surface area contributed by atoms with Crippen molar-refractivity contribution in [2.24, 2.45) is 0 Å². The largest absolute Gasteiger partial charge is 0.339 e. The second-order valence-corrected chi connectivity index (χ2v) is 5.97. The van der Waals surface area contributed by atoms with E-state index in [9.17, 15) is 0 Å². The van der Waals surface area contributed by atoms with E-state index >= 15 is 0 Å². The molecule has 25 heavy (non-hydrogen) atoms. The molecule has 3 heteroatoms. The fourth-order valence-corrected chi connectivity index (χ4v) is 2.87. The minimum atomic E-state index is 0.831. The van der Waals surface area contributed by atoms with Crippen LogP contribution in [0.5, 0.6) is 0 Å². The van der Waals surface area contributed by atoms with Crippen molar-refractivity contribution in [1.82, 2.24) is 9.78 Å². The van der Waals surface area contributed by atoms with Crippen LogP contribution < -0.4 is 5.32 Å². The van der Waals surface area contributed by atoms with Gasteiger partial charge in [0.2, 0.25) is 0 Å². The van der Waals surface area contributed by atoms with Crippen molar-refractivity contribution in [3.05, 3.63) is 96.6 Å². The summed E-state index contributed by atoms with van der Waals surface area (Å²) in [6, 6.07) is 30.9. The maximum atomic E-state index is 4.80. The van der Waals surface area contributed by atoms with E-state index in [4.69, 9.17) is 5.10 Å². The van der Waals surface area contributed by atoms with E-state index in [0.717, 1.165) is 28.5 Å². The van der Waals surface area contributed by atoms with E-state index in [1.807, 2.05) is 53.2 Å². The molecular weight excluding hydrogens is 306 g/mol. The standard InChI is InChI=1S/C22H19N3/c1-17-10-8-9-15-20(17)23-22-16-21(18-11-4-2-5-12-18)25(24-22)19-13-6-3-7-14-19/h2-16H,1H3,(H,23,24). The molecule has 1 aromatic heterocycles. The molecule has 0 aliphatic heterocycles. The zero-order valence-electron chi connectivity index (χ0n) is 14.1. The van der Waals surface area contributed by atoms with Crippen LogP contribution in [0.1, 0.15) is 5.56 Å². The van der Waals surface area contributed by atoms with Crippen LogP contribution in [0, 0.1) is 6.92 Å². The summed E-state index contributed by atoms with van der Waals surface area (Å²) in [5, 5.41) is 8.24. The lowest BCUT2D eigenvalue weighted by atomic mass is 10.1. The summed E-state index contributed by atoms with van der Waals surface area (Å²) in [4.78, 5) is 0. The van der Waals surface area contributed by atoms with Gasteiger partial charge in [0.15, 0.2) is 5.82 Å². The molecule has 0 amide bonds. The van der Waals surface area contributed by atoms with Gasteiger partial charge in [0.05, 0.1) is 11.4 Å². The van der Waals surface area contributed by atoms with Crippen LogP contribution >= 0.6 is 0 Å². The molecule has 1 N–H and O–H groups in total. The maximum Gasteiger partial charge on any atom is 0.153 e. The number of rotatable bonds is 4. The zero-order chi connectivity index (χ0) is 17.1. The van der Waals surface area contributed by atoms with Gasteiger partial charge < -0.3 is 5.32 Å². The second-order valence-electron chi connectivity index (χ2n) is 5.97. The third-order valence-corrected chi connectivity index (χ3v) is 4.19. The number of hydrogen-bond donors (Lipinski definition) is 1.